The smallest absolute Gasteiger partial charge is 0.223 e. The molecular formula is C17H27N3O. The highest BCUT2D eigenvalue weighted by Gasteiger charge is 2.22. The molecule has 0 bridgehead atoms. The van der Waals surface area contributed by atoms with Crippen LogP contribution in [0.25, 0.3) is 0 Å². The lowest BCUT2D eigenvalue weighted by Crippen LogP contribution is -2.45. The molecule has 1 aromatic carbocycles. The van der Waals surface area contributed by atoms with Gasteiger partial charge in [0.15, 0.2) is 0 Å². The van der Waals surface area contributed by atoms with Gasteiger partial charge >= 0.3 is 0 Å². The van der Waals surface area contributed by atoms with Gasteiger partial charge in [-0.3, -0.25) is 9.69 Å². The fourth-order valence-electron chi connectivity index (χ4n) is 2.80. The van der Waals surface area contributed by atoms with E-state index in [1.165, 1.54) is 5.56 Å². The van der Waals surface area contributed by atoms with E-state index in [9.17, 15) is 4.79 Å². The monoisotopic (exact) mass is 289 g/mol. The van der Waals surface area contributed by atoms with Gasteiger partial charge in [0.05, 0.1) is 0 Å². The maximum absolute atomic E-state index is 12.0. The van der Waals surface area contributed by atoms with Crippen molar-refractivity contribution in [1.82, 2.24) is 10.2 Å². The molecule has 1 atom stereocenters. The number of nitrogens with zero attached hydrogens (tertiary/aromatic N) is 1. The molecule has 1 unspecified atom stereocenters. The Morgan fingerprint density at radius 2 is 2.00 bits per heavy atom. The van der Waals surface area contributed by atoms with Gasteiger partial charge in [0, 0.05) is 31.6 Å². The maximum Gasteiger partial charge on any atom is 0.223 e. The van der Waals surface area contributed by atoms with E-state index in [0.29, 0.717) is 12.6 Å². The predicted octanol–water partition coefficient (Wildman–Crippen LogP) is 1.75. The van der Waals surface area contributed by atoms with Gasteiger partial charge < -0.3 is 11.1 Å². The Morgan fingerprint density at radius 1 is 1.33 bits per heavy atom. The van der Waals surface area contributed by atoms with Gasteiger partial charge in [0.25, 0.3) is 0 Å². The number of hydrogen-bond donors (Lipinski definition) is 2. The zero-order chi connectivity index (χ0) is 15.1. The third kappa shape index (κ3) is 5.14. The van der Waals surface area contributed by atoms with Crippen molar-refractivity contribution < 1.29 is 4.79 Å². The summed E-state index contributed by atoms with van der Waals surface area (Å²) in [6, 6.07) is 10.9. The first-order valence-electron chi connectivity index (χ1n) is 7.95. The van der Waals surface area contributed by atoms with Crippen molar-refractivity contribution in [3.63, 3.8) is 0 Å². The average molecular weight is 289 g/mol. The highest BCUT2D eigenvalue weighted by molar-refractivity contribution is 5.78. The summed E-state index contributed by atoms with van der Waals surface area (Å²) in [6.07, 6.45) is 2.83. The molecule has 0 aromatic heterocycles. The van der Waals surface area contributed by atoms with Crippen LogP contribution in [0.2, 0.25) is 0 Å². The molecular weight excluding hydrogens is 262 g/mol. The summed E-state index contributed by atoms with van der Waals surface area (Å²) in [5.74, 6) is 0.180. The quantitative estimate of drug-likeness (QED) is 0.839. The van der Waals surface area contributed by atoms with Crippen LogP contribution in [-0.2, 0) is 11.3 Å². The fourth-order valence-corrected chi connectivity index (χ4v) is 2.80. The summed E-state index contributed by atoms with van der Waals surface area (Å²) in [5, 5.41) is 3.17. The van der Waals surface area contributed by atoms with E-state index >= 15 is 0 Å². The van der Waals surface area contributed by atoms with E-state index in [-0.39, 0.29) is 11.8 Å². The number of carbonyl (C=O) groups is 1. The molecule has 0 saturated carbocycles. The number of piperidine rings is 1. The molecule has 0 aliphatic carbocycles. The van der Waals surface area contributed by atoms with Crippen LogP contribution in [0.1, 0.15) is 31.7 Å². The van der Waals surface area contributed by atoms with E-state index in [2.05, 4.69) is 34.5 Å². The number of nitrogens with one attached hydrogen (secondary N) is 1. The number of amides is 1. The zero-order valence-corrected chi connectivity index (χ0v) is 12.9. The first-order chi connectivity index (χ1) is 10.2. The molecule has 1 aliphatic heterocycles. The highest BCUT2D eigenvalue weighted by Crippen LogP contribution is 2.14. The molecule has 1 heterocycles. The highest BCUT2D eigenvalue weighted by atomic mass is 16.1. The van der Waals surface area contributed by atoms with Crippen LogP contribution in [0.5, 0.6) is 0 Å². The minimum atomic E-state index is 0.0253. The van der Waals surface area contributed by atoms with Gasteiger partial charge in [-0.25, -0.2) is 0 Å². The van der Waals surface area contributed by atoms with Gasteiger partial charge in [-0.2, -0.15) is 0 Å². The maximum atomic E-state index is 12.0. The standard InChI is InChI=1S/C17H27N3O/c1-14(7-10-18)17(21)19-16-8-11-20(12-9-16)13-15-5-3-2-4-6-15/h2-6,14,16H,7-13,18H2,1H3,(H,19,21). The van der Waals surface area contributed by atoms with E-state index in [1.807, 2.05) is 13.0 Å². The summed E-state index contributed by atoms with van der Waals surface area (Å²) in [4.78, 5) is 14.5. The molecule has 4 nitrogen and oxygen atoms in total. The zero-order valence-electron chi connectivity index (χ0n) is 12.9. The van der Waals surface area contributed by atoms with Crippen LogP contribution in [0.15, 0.2) is 30.3 Å². The minimum absolute atomic E-state index is 0.0253. The fraction of sp³-hybridized carbons (Fsp3) is 0.588. The van der Waals surface area contributed by atoms with Crippen molar-refractivity contribution in [2.45, 2.75) is 38.8 Å². The number of nitrogens with two attached hydrogens (primary N) is 1. The number of benzene rings is 1. The van der Waals surface area contributed by atoms with Gasteiger partial charge in [-0.15, -0.1) is 0 Å². The van der Waals surface area contributed by atoms with E-state index in [0.717, 1.165) is 38.9 Å². The molecule has 1 aliphatic rings. The van der Waals surface area contributed by atoms with E-state index in [1.54, 1.807) is 0 Å². The second kappa shape index (κ2) is 8.15. The molecule has 0 radical (unpaired) electrons. The summed E-state index contributed by atoms with van der Waals surface area (Å²) in [6.45, 7) is 5.62. The Morgan fingerprint density at radius 3 is 2.62 bits per heavy atom. The third-order valence-corrected chi connectivity index (χ3v) is 4.23. The Bertz CT molecular complexity index is 427. The van der Waals surface area contributed by atoms with Crippen molar-refractivity contribution in [3.8, 4) is 0 Å². The molecule has 3 N–H and O–H groups in total. The molecule has 116 valence electrons. The van der Waals surface area contributed by atoms with Crippen LogP contribution in [0.3, 0.4) is 0 Å². The molecule has 1 aromatic rings. The van der Waals surface area contributed by atoms with E-state index < -0.39 is 0 Å². The average Bonchev–Trinajstić information content (AvgIpc) is 2.50. The van der Waals surface area contributed by atoms with Crippen LogP contribution in [0.4, 0.5) is 0 Å². The van der Waals surface area contributed by atoms with Gasteiger partial charge in [-0.05, 0) is 31.4 Å². The summed E-state index contributed by atoms with van der Waals surface area (Å²) in [5.41, 5.74) is 6.86. The molecule has 1 fully saturated rings. The van der Waals surface area contributed by atoms with Gasteiger partial charge in [-0.1, -0.05) is 37.3 Å². The summed E-state index contributed by atoms with van der Waals surface area (Å²) in [7, 11) is 0. The SMILES string of the molecule is CC(CCN)C(=O)NC1CCN(Cc2ccccc2)CC1. The van der Waals surface area contributed by atoms with Crippen molar-refractivity contribution in [2.24, 2.45) is 11.7 Å². The summed E-state index contributed by atoms with van der Waals surface area (Å²) >= 11 is 0. The first-order valence-corrected chi connectivity index (χ1v) is 7.95. The van der Waals surface area contributed by atoms with Crippen LogP contribution >= 0.6 is 0 Å². The molecule has 1 amide bonds. The van der Waals surface area contributed by atoms with Gasteiger partial charge in [0.2, 0.25) is 5.91 Å². The molecule has 2 rings (SSSR count). The van der Waals surface area contributed by atoms with Crippen LogP contribution < -0.4 is 11.1 Å². The molecule has 21 heavy (non-hydrogen) atoms. The number of hydrogen-bond acceptors (Lipinski definition) is 3. The third-order valence-electron chi connectivity index (χ3n) is 4.23. The van der Waals surface area contributed by atoms with Crippen LogP contribution in [0, 0.1) is 5.92 Å². The lowest BCUT2D eigenvalue weighted by molar-refractivity contribution is -0.125. The Kier molecular flexibility index (Phi) is 6.21. The normalized spacial score (nSPS) is 18.4. The van der Waals surface area contributed by atoms with Crippen molar-refractivity contribution in [1.29, 1.82) is 0 Å². The van der Waals surface area contributed by atoms with Crippen molar-refractivity contribution in [2.75, 3.05) is 19.6 Å². The van der Waals surface area contributed by atoms with Crippen molar-refractivity contribution >= 4 is 5.91 Å². The Hall–Kier alpha value is -1.39. The first kappa shape index (κ1) is 16.0. The Balaban J connectivity index is 1.72. The second-order valence-electron chi connectivity index (χ2n) is 6.02. The van der Waals surface area contributed by atoms with Crippen molar-refractivity contribution in [3.05, 3.63) is 35.9 Å². The second-order valence-corrected chi connectivity index (χ2v) is 6.02. The molecule has 4 heteroatoms. The Labute approximate surface area is 127 Å². The van der Waals surface area contributed by atoms with Gasteiger partial charge in [0.1, 0.15) is 0 Å². The largest absolute Gasteiger partial charge is 0.353 e. The topological polar surface area (TPSA) is 58.4 Å². The number of rotatable bonds is 6. The van der Waals surface area contributed by atoms with Crippen LogP contribution in [-0.4, -0.2) is 36.5 Å². The van der Waals surface area contributed by atoms with E-state index in [4.69, 9.17) is 5.73 Å². The number of carbonyl (C=O) groups excluding carboxylic acids is 1. The summed E-state index contributed by atoms with van der Waals surface area (Å²) < 4.78 is 0. The minimum Gasteiger partial charge on any atom is -0.353 e. The molecule has 1 saturated heterocycles. The lowest BCUT2D eigenvalue weighted by Gasteiger charge is -2.32. The predicted molar refractivity (Wildman–Crippen MR) is 85.7 cm³/mol. The lowest BCUT2D eigenvalue weighted by atomic mass is 10.0. The number of likely N-dealkylation sites (tertiary alicyclic amines) is 1. The molecule has 0 spiro atoms.